The maximum atomic E-state index is 12.9. The molecule has 1 fully saturated rings. The molecule has 212 valence electrons. The van der Waals surface area contributed by atoms with Gasteiger partial charge in [0.2, 0.25) is 5.91 Å². The van der Waals surface area contributed by atoms with E-state index in [0.29, 0.717) is 48.7 Å². The fourth-order valence-electron chi connectivity index (χ4n) is 3.56. The van der Waals surface area contributed by atoms with E-state index in [2.05, 4.69) is 4.99 Å². The lowest BCUT2D eigenvalue weighted by Gasteiger charge is -2.34. The maximum absolute atomic E-state index is 12.9. The molecule has 3 amide bonds. The summed E-state index contributed by atoms with van der Waals surface area (Å²) in [6.45, 7) is 3.77. The van der Waals surface area contributed by atoms with E-state index in [1.54, 1.807) is 60.4 Å². The van der Waals surface area contributed by atoms with E-state index in [9.17, 15) is 19.2 Å². The minimum absolute atomic E-state index is 0. The molecule has 2 aromatic carbocycles. The Bertz CT molecular complexity index is 1160. The number of likely N-dealkylation sites (N-methyl/N-ethyl adjacent to an activating group) is 1. The Balaban J connectivity index is 0.00000380. The van der Waals surface area contributed by atoms with Crippen LogP contribution in [0.25, 0.3) is 0 Å². The number of halogens is 2. The molecule has 0 unspecified atom stereocenters. The number of nitrogens with zero attached hydrogens (tertiary/aromatic N) is 4. The van der Waals surface area contributed by atoms with Crippen LogP contribution in [0.5, 0.6) is 5.75 Å². The van der Waals surface area contributed by atoms with Gasteiger partial charge in [0.05, 0.1) is 24.4 Å². The van der Waals surface area contributed by atoms with Gasteiger partial charge in [-0.05, 0) is 55.5 Å². The van der Waals surface area contributed by atoms with Crippen LogP contribution < -0.4 is 16.2 Å². The minimum Gasteiger partial charge on any atom is -0.449 e. The SMILES string of the molecule is CCOC(=O)N(C)C(=O)CN1CCN(C(=O)c2ccc(OC(=O)c3ccc(N=C(N)N)cc3)cc2)CC1.Cl.Cl. The van der Waals surface area contributed by atoms with Gasteiger partial charge in [-0.25, -0.2) is 19.5 Å². The fourth-order valence-corrected chi connectivity index (χ4v) is 3.56. The van der Waals surface area contributed by atoms with Crippen LogP contribution in [-0.4, -0.2) is 90.9 Å². The number of guanidine groups is 1. The Kier molecular flexibility index (Phi) is 13.2. The second-order valence-electron chi connectivity index (χ2n) is 8.22. The number of esters is 1. The quantitative estimate of drug-likeness (QED) is 0.215. The number of hydrogen-bond acceptors (Lipinski definition) is 8. The Morgan fingerprint density at radius 1 is 0.897 bits per heavy atom. The van der Waals surface area contributed by atoms with E-state index in [-0.39, 0.29) is 55.7 Å². The van der Waals surface area contributed by atoms with Crippen molar-refractivity contribution in [1.82, 2.24) is 14.7 Å². The summed E-state index contributed by atoms with van der Waals surface area (Å²) in [4.78, 5) is 57.7. The zero-order valence-electron chi connectivity index (χ0n) is 21.6. The van der Waals surface area contributed by atoms with Gasteiger partial charge in [-0.15, -0.1) is 24.8 Å². The third kappa shape index (κ3) is 9.43. The molecule has 0 radical (unpaired) electrons. The molecule has 3 rings (SSSR count). The van der Waals surface area contributed by atoms with Crippen molar-refractivity contribution in [2.75, 3.05) is 46.4 Å². The van der Waals surface area contributed by atoms with E-state index in [4.69, 9.17) is 20.9 Å². The largest absolute Gasteiger partial charge is 0.449 e. The molecule has 0 spiro atoms. The number of rotatable bonds is 7. The zero-order chi connectivity index (χ0) is 26.9. The van der Waals surface area contributed by atoms with Crippen molar-refractivity contribution in [1.29, 1.82) is 0 Å². The van der Waals surface area contributed by atoms with Gasteiger partial charge >= 0.3 is 12.1 Å². The molecule has 1 aliphatic heterocycles. The van der Waals surface area contributed by atoms with Crippen LogP contribution in [-0.2, 0) is 9.53 Å². The summed E-state index contributed by atoms with van der Waals surface area (Å²) in [7, 11) is 1.38. The average molecular weight is 583 g/mol. The molecule has 0 saturated carbocycles. The summed E-state index contributed by atoms with van der Waals surface area (Å²) in [5, 5.41) is 0. The highest BCUT2D eigenvalue weighted by molar-refractivity contribution is 5.95. The molecule has 14 heteroatoms. The predicted molar refractivity (Wildman–Crippen MR) is 150 cm³/mol. The number of imide groups is 1. The molecule has 4 N–H and O–H groups in total. The number of hydrogen-bond donors (Lipinski definition) is 2. The van der Waals surface area contributed by atoms with E-state index >= 15 is 0 Å². The highest BCUT2D eigenvalue weighted by Crippen LogP contribution is 2.18. The first-order valence-corrected chi connectivity index (χ1v) is 11.6. The van der Waals surface area contributed by atoms with Gasteiger partial charge in [0.15, 0.2) is 5.96 Å². The monoisotopic (exact) mass is 582 g/mol. The molecule has 1 saturated heterocycles. The van der Waals surface area contributed by atoms with Crippen LogP contribution in [0, 0.1) is 0 Å². The van der Waals surface area contributed by atoms with Gasteiger partial charge < -0.3 is 25.8 Å². The number of benzene rings is 2. The summed E-state index contributed by atoms with van der Waals surface area (Å²) in [5.41, 5.74) is 12.0. The number of carbonyl (C=O) groups excluding carboxylic acids is 4. The lowest BCUT2D eigenvalue weighted by molar-refractivity contribution is -0.129. The third-order valence-corrected chi connectivity index (χ3v) is 5.61. The summed E-state index contributed by atoms with van der Waals surface area (Å²) in [5.74, 6) is -0.879. The molecule has 39 heavy (non-hydrogen) atoms. The molecule has 0 bridgehead atoms. The molecule has 0 aliphatic carbocycles. The van der Waals surface area contributed by atoms with Gasteiger partial charge in [-0.1, -0.05) is 0 Å². The molecule has 0 atom stereocenters. The molecular formula is C25H32Cl2N6O6. The molecule has 1 aliphatic rings. The third-order valence-electron chi connectivity index (χ3n) is 5.61. The lowest BCUT2D eigenvalue weighted by Crippen LogP contribution is -2.51. The van der Waals surface area contributed by atoms with Gasteiger partial charge in [0, 0.05) is 38.8 Å². The second-order valence-corrected chi connectivity index (χ2v) is 8.22. The van der Waals surface area contributed by atoms with Crippen LogP contribution >= 0.6 is 24.8 Å². The number of amides is 3. The smallest absolute Gasteiger partial charge is 0.416 e. The summed E-state index contributed by atoms with van der Waals surface area (Å²) < 4.78 is 10.2. The van der Waals surface area contributed by atoms with E-state index < -0.39 is 12.1 Å². The van der Waals surface area contributed by atoms with Crippen molar-refractivity contribution < 1.29 is 28.7 Å². The Morgan fingerprint density at radius 2 is 1.46 bits per heavy atom. The van der Waals surface area contributed by atoms with Gasteiger partial charge in [0.1, 0.15) is 5.75 Å². The summed E-state index contributed by atoms with van der Waals surface area (Å²) in [6.07, 6.45) is -0.684. The van der Waals surface area contributed by atoms with Crippen LogP contribution in [0.2, 0.25) is 0 Å². The van der Waals surface area contributed by atoms with Crippen molar-refractivity contribution >= 4 is 60.3 Å². The van der Waals surface area contributed by atoms with Crippen LogP contribution in [0.4, 0.5) is 10.5 Å². The van der Waals surface area contributed by atoms with Gasteiger partial charge in [0.25, 0.3) is 5.91 Å². The number of aliphatic imine (C=N–C) groups is 1. The maximum Gasteiger partial charge on any atom is 0.416 e. The summed E-state index contributed by atoms with van der Waals surface area (Å²) in [6, 6.07) is 12.6. The lowest BCUT2D eigenvalue weighted by atomic mass is 10.1. The Morgan fingerprint density at radius 3 is 2.00 bits per heavy atom. The Labute approximate surface area is 238 Å². The molecule has 2 aromatic rings. The zero-order valence-corrected chi connectivity index (χ0v) is 23.2. The van der Waals surface area contributed by atoms with Crippen LogP contribution in [0.15, 0.2) is 53.5 Å². The number of piperazine rings is 1. The first-order valence-electron chi connectivity index (χ1n) is 11.6. The summed E-state index contributed by atoms with van der Waals surface area (Å²) >= 11 is 0. The first kappa shape index (κ1) is 33.2. The van der Waals surface area contributed by atoms with Crippen molar-refractivity contribution in [3.05, 3.63) is 59.7 Å². The van der Waals surface area contributed by atoms with E-state index in [1.165, 1.54) is 7.05 Å². The minimum atomic E-state index is -0.684. The fraction of sp³-hybridized carbons (Fsp3) is 0.320. The molecule has 12 nitrogen and oxygen atoms in total. The number of carbonyl (C=O) groups is 4. The van der Waals surface area contributed by atoms with Crippen LogP contribution in [0.1, 0.15) is 27.6 Å². The molecule has 1 heterocycles. The average Bonchev–Trinajstić information content (AvgIpc) is 2.89. The van der Waals surface area contributed by atoms with Gasteiger partial charge in [-0.3, -0.25) is 14.5 Å². The Hall–Kier alpha value is -3.87. The predicted octanol–water partition coefficient (Wildman–Crippen LogP) is 2.03. The normalized spacial score (nSPS) is 12.7. The van der Waals surface area contributed by atoms with E-state index in [0.717, 1.165) is 4.90 Å². The highest BCUT2D eigenvalue weighted by atomic mass is 35.5. The topological polar surface area (TPSA) is 161 Å². The second kappa shape index (κ2) is 15.5. The van der Waals surface area contributed by atoms with Crippen molar-refractivity contribution in [3.63, 3.8) is 0 Å². The first-order chi connectivity index (χ1) is 17.7. The van der Waals surface area contributed by atoms with Crippen molar-refractivity contribution in [3.8, 4) is 5.75 Å². The van der Waals surface area contributed by atoms with Gasteiger partial charge in [-0.2, -0.15) is 0 Å². The van der Waals surface area contributed by atoms with Crippen molar-refractivity contribution in [2.45, 2.75) is 6.92 Å². The molecular weight excluding hydrogens is 551 g/mol. The van der Waals surface area contributed by atoms with Crippen molar-refractivity contribution in [2.24, 2.45) is 16.5 Å². The molecule has 0 aromatic heterocycles. The highest BCUT2D eigenvalue weighted by Gasteiger charge is 2.26. The van der Waals surface area contributed by atoms with Crippen LogP contribution in [0.3, 0.4) is 0 Å². The number of nitrogens with two attached hydrogens (primary N) is 2. The standard InChI is InChI=1S/C25H30N6O6.2ClH/c1-3-36-25(35)29(2)21(32)16-30-12-14-31(15-13-30)22(33)17-6-10-20(11-7-17)37-23(34)18-4-8-19(9-5-18)28-24(26)27;;/h4-11H,3,12-16H2,1-2H3,(H4,26,27,28);2*1H. The van der Waals surface area contributed by atoms with E-state index in [1.807, 2.05) is 4.90 Å². The number of ether oxygens (including phenoxy) is 2.